The summed E-state index contributed by atoms with van der Waals surface area (Å²) >= 11 is 13.6. The second-order valence-electron chi connectivity index (χ2n) is 7.35. The molecule has 10 heteroatoms. The third kappa shape index (κ3) is 4.88. The van der Waals surface area contributed by atoms with Crippen molar-refractivity contribution in [1.82, 2.24) is 15.2 Å². The number of hydrogen-bond donors (Lipinski definition) is 1. The number of carbonyl (C=O) groups is 1. The first kappa shape index (κ1) is 22.9. The van der Waals surface area contributed by atoms with E-state index in [0.717, 1.165) is 59.6 Å². The van der Waals surface area contributed by atoms with Crippen LogP contribution in [0.25, 0.3) is 10.2 Å². The highest BCUT2D eigenvalue weighted by molar-refractivity contribution is 7.22. The van der Waals surface area contributed by atoms with E-state index in [9.17, 15) is 4.79 Å². The molecule has 1 aromatic heterocycles. The van der Waals surface area contributed by atoms with Crippen LogP contribution in [0.15, 0.2) is 30.3 Å². The number of rotatable bonds is 7. The van der Waals surface area contributed by atoms with Crippen molar-refractivity contribution in [3.8, 4) is 11.5 Å². The summed E-state index contributed by atoms with van der Waals surface area (Å²) in [5.74, 6) is 1.36. The Morgan fingerprint density at radius 1 is 1.09 bits per heavy atom. The third-order valence-electron chi connectivity index (χ3n) is 5.43. The number of carbonyl (C=O) groups excluding carboxylic acids is 1. The molecular weight excluding hydrogens is 471 g/mol. The van der Waals surface area contributed by atoms with Gasteiger partial charge in [-0.1, -0.05) is 34.5 Å². The second-order valence-corrected chi connectivity index (χ2v) is 9.17. The van der Waals surface area contributed by atoms with Crippen LogP contribution in [0.3, 0.4) is 0 Å². The van der Waals surface area contributed by atoms with Gasteiger partial charge in [0, 0.05) is 44.3 Å². The number of amides is 1. The topological polar surface area (TPSA) is 66.9 Å². The summed E-state index contributed by atoms with van der Waals surface area (Å²) in [7, 11) is 3.32. The normalized spacial score (nSPS) is 14.6. The average molecular weight is 495 g/mol. The number of aromatic nitrogens is 1. The number of ether oxygens (including phenoxy) is 2. The van der Waals surface area contributed by atoms with Gasteiger partial charge in [-0.15, -0.1) is 0 Å². The molecule has 3 aromatic rings. The Morgan fingerprint density at radius 3 is 2.50 bits per heavy atom. The Balaban J connectivity index is 1.31. The maximum Gasteiger partial charge on any atom is 0.252 e. The number of methoxy groups -OCH3 is 2. The molecule has 2 heterocycles. The van der Waals surface area contributed by atoms with E-state index >= 15 is 0 Å². The minimum atomic E-state index is -0.192. The molecule has 1 amide bonds. The molecule has 0 bridgehead atoms. The zero-order valence-corrected chi connectivity index (χ0v) is 20.2. The summed E-state index contributed by atoms with van der Waals surface area (Å²) in [6, 6.07) is 8.67. The molecule has 0 radical (unpaired) electrons. The van der Waals surface area contributed by atoms with Crippen molar-refractivity contribution < 1.29 is 14.3 Å². The molecule has 1 aliphatic heterocycles. The van der Waals surface area contributed by atoms with E-state index in [1.165, 1.54) is 0 Å². The van der Waals surface area contributed by atoms with E-state index in [-0.39, 0.29) is 5.91 Å². The lowest BCUT2D eigenvalue weighted by Crippen LogP contribution is -2.48. The number of halogens is 2. The van der Waals surface area contributed by atoms with Crippen LogP contribution in [-0.2, 0) is 0 Å². The van der Waals surface area contributed by atoms with Crippen LogP contribution >= 0.6 is 34.5 Å². The van der Waals surface area contributed by atoms with Gasteiger partial charge < -0.3 is 19.7 Å². The van der Waals surface area contributed by atoms with Crippen LogP contribution in [0.4, 0.5) is 5.13 Å². The van der Waals surface area contributed by atoms with Gasteiger partial charge in [-0.25, -0.2) is 4.98 Å². The molecule has 0 unspecified atom stereocenters. The minimum Gasteiger partial charge on any atom is -0.495 e. The van der Waals surface area contributed by atoms with Crippen molar-refractivity contribution in [2.75, 3.05) is 58.4 Å². The van der Waals surface area contributed by atoms with Gasteiger partial charge in [0.25, 0.3) is 5.91 Å². The summed E-state index contributed by atoms with van der Waals surface area (Å²) in [6.07, 6.45) is 0. The van der Waals surface area contributed by atoms with E-state index in [1.807, 2.05) is 12.1 Å². The van der Waals surface area contributed by atoms with Crippen LogP contribution in [0.5, 0.6) is 11.5 Å². The van der Waals surface area contributed by atoms with Crippen LogP contribution in [-0.4, -0.2) is 69.3 Å². The first-order valence-corrected chi connectivity index (χ1v) is 11.8. The fourth-order valence-electron chi connectivity index (χ4n) is 3.67. The van der Waals surface area contributed by atoms with E-state index in [0.29, 0.717) is 22.2 Å². The molecule has 1 saturated heterocycles. The summed E-state index contributed by atoms with van der Waals surface area (Å²) in [4.78, 5) is 21.8. The van der Waals surface area contributed by atoms with Crippen LogP contribution in [0, 0.1) is 0 Å². The van der Waals surface area contributed by atoms with E-state index in [2.05, 4.69) is 15.1 Å². The van der Waals surface area contributed by atoms with E-state index in [1.54, 1.807) is 43.8 Å². The standard InChI is InChI=1S/C22H24Cl2N4O3S/c1-30-17-5-6-18(31-2)20-19(17)26-22(32-20)28-11-9-27(10-12-28)8-7-25-21(29)15-4-3-14(23)13-16(15)24/h3-6,13H,7-12H2,1-2H3,(H,25,29). The maximum atomic E-state index is 12.4. The second kappa shape index (κ2) is 10.1. The monoisotopic (exact) mass is 494 g/mol. The van der Waals surface area contributed by atoms with Gasteiger partial charge in [0.15, 0.2) is 5.13 Å². The van der Waals surface area contributed by atoms with Crippen molar-refractivity contribution in [2.24, 2.45) is 0 Å². The van der Waals surface area contributed by atoms with Crippen LogP contribution in [0.1, 0.15) is 10.4 Å². The Kier molecular flexibility index (Phi) is 7.25. The van der Waals surface area contributed by atoms with Gasteiger partial charge in [-0.05, 0) is 30.3 Å². The SMILES string of the molecule is COc1ccc(OC)c2sc(N3CCN(CCNC(=O)c4ccc(Cl)cc4Cl)CC3)nc12. The number of nitrogens with zero attached hydrogens (tertiary/aromatic N) is 3. The van der Waals surface area contributed by atoms with Gasteiger partial charge in [0.1, 0.15) is 21.7 Å². The number of hydrogen-bond acceptors (Lipinski definition) is 7. The largest absolute Gasteiger partial charge is 0.495 e. The number of piperazine rings is 1. The molecular formula is C22H24Cl2N4O3S. The summed E-state index contributed by atoms with van der Waals surface area (Å²) in [5, 5.41) is 4.76. The number of nitrogens with one attached hydrogen (secondary N) is 1. The van der Waals surface area contributed by atoms with Crippen molar-refractivity contribution in [1.29, 1.82) is 0 Å². The fraction of sp³-hybridized carbons (Fsp3) is 0.364. The third-order valence-corrected chi connectivity index (χ3v) is 7.11. The molecule has 0 spiro atoms. The molecule has 2 aromatic carbocycles. The molecule has 1 fully saturated rings. The minimum absolute atomic E-state index is 0.192. The maximum absolute atomic E-state index is 12.4. The summed E-state index contributed by atoms with van der Waals surface area (Å²) in [6.45, 7) is 4.83. The van der Waals surface area contributed by atoms with Crippen molar-refractivity contribution in [3.05, 3.63) is 45.9 Å². The van der Waals surface area contributed by atoms with Crippen molar-refractivity contribution in [3.63, 3.8) is 0 Å². The molecule has 7 nitrogen and oxygen atoms in total. The van der Waals surface area contributed by atoms with E-state index in [4.69, 9.17) is 37.7 Å². The summed E-state index contributed by atoms with van der Waals surface area (Å²) < 4.78 is 12.0. The highest BCUT2D eigenvalue weighted by atomic mass is 35.5. The zero-order chi connectivity index (χ0) is 22.7. The predicted octanol–water partition coefficient (Wildman–Crippen LogP) is 4.17. The van der Waals surface area contributed by atoms with Gasteiger partial charge in [-0.2, -0.15) is 0 Å². The molecule has 170 valence electrons. The van der Waals surface area contributed by atoms with Crippen molar-refractivity contribution >= 4 is 55.8 Å². The predicted molar refractivity (Wildman–Crippen MR) is 130 cm³/mol. The number of thiazole rings is 1. The molecule has 1 aliphatic rings. The average Bonchev–Trinajstić information content (AvgIpc) is 3.24. The lowest BCUT2D eigenvalue weighted by atomic mass is 10.2. The first-order valence-electron chi connectivity index (χ1n) is 10.2. The first-order chi connectivity index (χ1) is 15.5. The molecule has 0 saturated carbocycles. The highest BCUT2D eigenvalue weighted by Gasteiger charge is 2.22. The molecule has 1 N–H and O–H groups in total. The van der Waals surface area contributed by atoms with Crippen molar-refractivity contribution in [2.45, 2.75) is 0 Å². The number of fused-ring (bicyclic) bond motifs is 1. The van der Waals surface area contributed by atoms with Gasteiger partial charge in [0.2, 0.25) is 0 Å². The van der Waals surface area contributed by atoms with Gasteiger partial charge >= 0.3 is 0 Å². The number of benzene rings is 2. The Hall–Kier alpha value is -2.26. The Labute approximate surface area is 200 Å². The molecule has 0 aliphatic carbocycles. The molecule has 0 atom stereocenters. The number of anilines is 1. The van der Waals surface area contributed by atoms with Crippen LogP contribution < -0.4 is 19.7 Å². The van der Waals surface area contributed by atoms with Gasteiger partial charge in [-0.3, -0.25) is 9.69 Å². The zero-order valence-electron chi connectivity index (χ0n) is 17.9. The fourth-order valence-corrected chi connectivity index (χ4v) is 5.29. The lowest BCUT2D eigenvalue weighted by molar-refractivity contribution is 0.0948. The lowest BCUT2D eigenvalue weighted by Gasteiger charge is -2.34. The van der Waals surface area contributed by atoms with E-state index < -0.39 is 0 Å². The Bertz CT molecular complexity index is 1070. The molecule has 4 rings (SSSR count). The smallest absolute Gasteiger partial charge is 0.252 e. The van der Waals surface area contributed by atoms with Gasteiger partial charge in [0.05, 0.1) is 24.8 Å². The highest BCUT2D eigenvalue weighted by Crippen LogP contribution is 2.40. The van der Waals surface area contributed by atoms with Crippen LogP contribution in [0.2, 0.25) is 10.0 Å². The summed E-state index contributed by atoms with van der Waals surface area (Å²) in [5.41, 5.74) is 1.26. The quantitative estimate of drug-likeness (QED) is 0.531. The Morgan fingerprint density at radius 2 is 1.81 bits per heavy atom. The molecule has 32 heavy (non-hydrogen) atoms.